The highest BCUT2D eigenvalue weighted by atomic mass is 35.5. The van der Waals surface area contributed by atoms with Crippen molar-refractivity contribution in [2.24, 2.45) is 0 Å². The normalized spacial score (nSPS) is 18.7. The molecule has 1 aliphatic rings. The first-order chi connectivity index (χ1) is 9.63. The minimum Gasteiger partial charge on any atom is -0.383 e. The zero-order chi connectivity index (χ0) is 14.5. The van der Waals surface area contributed by atoms with Crippen LogP contribution in [0.5, 0.6) is 0 Å². The van der Waals surface area contributed by atoms with Crippen LogP contribution in [0.1, 0.15) is 12.8 Å². The van der Waals surface area contributed by atoms with Crippen LogP contribution >= 0.6 is 11.6 Å². The Bertz CT molecular complexity index is 546. The number of ether oxygens (including phenoxy) is 1. The molecule has 0 aromatic carbocycles. The number of piperidine rings is 1. The summed E-state index contributed by atoms with van der Waals surface area (Å²) in [5, 5.41) is 9.78. The molecule has 0 aliphatic carbocycles. The zero-order valence-corrected chi connectivity index (χ0v) is 11.9. The smallest absolute Gasteiger partial charge is 0.287 e. The number of halogens is 1. The van der Waals surface area contributed by atoms with Gasteiger partial charge in [0.2, 0.25) is 5.91 Å². The Labute approximate surface area is 121 Å². The van der Waals surface area contributed by atoms with Crippen molar-refractivity contribution in [3.05, 3.63) is 21.6 Å². The van der Waals surface area contributed by atoms with E-state index in [2.05, 4.69) is 15.7 Å². The minimum atomic E-state index is -0.398. The van der Waals surface area contributed by atoms with Crippen LogP contribution in [0.2, 0.25) is 5.02 Å². The average Bonchev–Trinajstić information content (AvgIpc) is 2.45. The van der Waals surface area contributed by atoms with E-state index >= 15 is 0 Å². The third-order valence-electron chi connectivity index (χ3n) is 3.11. The van der Waals surface area contributed by atoms with Crippen molar-refractivity contribution in [3.8, 4) is 0 Å². The fraction of sp³-hybridized carbons (Fsp3) is 0.583. The molecule has 7 nitrogen and oxygen atoms in total. The first kappa shape index (κ1) is 14.8. The molecule has 8 heteroatoms. The monoisotopic (exact) mass is 300 g/mol. The second-order valence-corrected chi connectivity index (χ2v) is 4.90. The van der Waals surface area contributed by atoms with Crippen molar-refractivity contribution in [1.82, 2.24) is 15.1 Å². The van der Waals surface area contributed by atoms with Crippen molar-refractivity contribution >= 4 is 23.2 Å². The van der Waals surface area contributed by atoms with Crippen molar-refractivity contribution in [2.45, 2.75) is 25.4 Å². The van der Waals surface area contributed by atoms with E-state index in [1.807, 2.05) is 0 Å². The van der Waals surface area contributed by atoms with E-state index in [0.717, 1.165) is 6.42 Å². The second-order valence-electron chi connectivity index (χ2n) is 4.52. The second kappa shape index (κ2) is 6.71. The molecule has 1 unspecified atom stereocenters. The summed E-state index contributed by atoms with van der Waals surface area (Å²) in [4.78, 5) is 23.7. The number of amides is 1. The fourth-order valence-electron chi connectivity index (χ4n) is 2.00. The van der Waals surface area contributed by atoms with E-state index in [1.165, 1.54) is 10.9 Å². The fourth-order valence-corrected chi connectivity index (χ4v) is 2.20. The number of nitrogens with zero attached hydrogens (tertiary/aromatic N) is 2. The topological polar surface area (TPSA) is 85.2 Å². The molecule has 1 aliphatic heterocycles. The van der Waals surface area contributed by atoms with Gasteiger partial charge in [-0.2, -0.15) is 5.10 Å². The lowest BCUT2D eigenvalue weighted by atomic mass is 10.1. The third kappa shape index (κ3) is 3.29. The summed E-state index contributed by atoms with van der Waals surface area (Å²) in [5.74, 6) is -0.0871. The Morgan fingerprint density at radius 3 is 3.10 bits per heavy atom. The van der Waals surface area contributed by atoms with E-state index in [0.29, 0.717) is 31.8 Å². The van der Waals surface area contributed by atoms with Crippen LogP contribution in [0.25, 0.3) is 0 Å². The molecule has 2 rings (SSSR count). The third-order valence-corrected chi connectivity index (χ3v) is 3.47. The summed E-state index contributed by atoms with van der Waals surface area (Å²) in [5.41, 5.74) is -0.0164. The Kier molecular flexibility index (Phi) is 4.97. The average molecular weight is 301 g/mol. The number of anilines is 1. The van der Waals surface area contributed by atoms with Crippen molar-refractivity contribution in [1.29, 1.82) is 0 Å². The summed E-state index contributed by atoms with van der Waals surface area (Å²) < 4.78 is 6.13. The van der Waals surface area contributed by atoms with Gasteiger partial charge in [0.05, 0.1) is 25.0 Å². The largest absolute Gasteiger partial charge is 0.383 e. The van der Waals surface area contributed by atoms with E-state index in [-0.39, 0.29) is 17.0 Å². The lowest BCUT2D eigenvalue weighted by Gasteiger charge is -2.23. The number of methoxy groups -OCH3 is 1. The van der Waals surface area contributed by atoms with Gasteiger partial charge in [-0.1, -0.05) is 11.6 Å². The molecule has 2 heterocycles. The van der Waals surface area contributed by atoms with Gasteiger partial charge in [-0.25, -0.2) is 4.68 Å². The maximum absolute atomic E-state index is 12.0. The molecule has 0 radical (unpaired) electrons. The Balaban J connectivity index is 2.14. The predicted octanol–water partition coefficient (Wildman–Crippen LogP) is 0.234. The molecule has 1 aromatic rings. The van der Waals surface area contributed by atoms with Crippen molar-refractivity contribution < 1.29 is 9.53 Å². The molecule has 2 N–H and O–H groups in total. The lowest BCUT2D eigenvalue weighted by molar-refractivity contribution is -0.123. The Hall–Kier alpha value is -1.60. The van der Waals surface area contributed by atoms with Gasteiger partial charge >= 0.3 is 0 Å². The lowest BCUT2D eigenvalue weighted by Crippen LogP contribution is -2.44. The van der Waals surface area contributed by atoms with E-state index in [9.17, 15) is 9.59 Å². The molecule has 1 amide bonds. The first-order valence-electron chi connectivity index (χ1n) is 6.42. The van der Waals surface area contributed by atoms with Gasteiger partial charge in [-0.3, -0.25) is 9.59 Å². The first-order valence-corrected chi connectivity index (χ1v) is 6.80. The van der Waals surface area contributed by atoms with Crippen LogP contribution in [0, 0.1) is 0 Å². The standard InChI is InChI=1S/C12H17ClN4O3/c1-20-6-5-17-12(19)10(13)9(7-15-17)16-8-3-2-4-14-11(8)18/h7-8,16H,2-6H2,1H3,(H,14,18). The number of aromatic nitrogens is 2. The molecule has 20 heavy (non-hydrogen) atoms. The molecule has 1 aromatic heterocycles. The van der Waals surface area contributed by atoms with Gasteiger partial charge in [0.25, 0.3) is 5.56 Å². The molecule has 110 valence electrons. The van der Waals surface area contributed by atoms with Gasteiger partial charge < -0.3 is 15.4 Å². The molecule has 0 bridgehead atoms. The molecule has 0 spiro atoms. The van der Waals surface area contributed by atoms with E-state index < -0.39 is 5.56 Å². The van der Waals surface area contributed by atoms with Gasteiger partial charge in [-0.05, 0) is 12.8 Å². The van der Waals surface area contributed by atoms with E-state index in [1.54, 1.807) is 7.11 Å². The molecular weight excluding hydrogens is 284 g/mol. The summed E-state index contributed by atoms with van der Waals surface area (Å²) >= 11 is 6.04. The van der Waals surface area contributed by atoms with Crippen LogP contribution in [0.4, 0.5) is 5.69 Å². The number of hydrogen-bond donors (Lipinski definition) is 2. The van der Waals surface area contributed by atoms with Crippen molar-refractivity contribution in [2.75, 3.05) is 25.6 Å². The van der Waals surface area contributed by atoms with Gasteiger partial charge in [0.15, 0.2) is 0 Å². The highest BCUT2D eigenvalue weighted by Gasteiger charge is 2.23. The van der Waals surface area contributed by atoms with Crippen molar-refractivity contribution in [3.63, 3.8) is 0 Å². The predicted molar refractivity (Wildman–Crippen MR) is 75.0 cm³/mol. The Morgan fingerprint density at radius 1 is 1.60 bits per heavy atom. The highest BCUT2D eigenvalue weighted by molar-refractivity contribution is 6.33. The minimum absolute atomic E-state index is 0.0366. The molecule has 1 atom stereocenters. The van der Waals surface area contributed by atoms with Crippen LogP contribution in [0.15, 0.2) is 11.0 Å². The summed E-state index contributed by atoms with van der Waals surface area (Å²) in [6.07, 6.45) is 3.05. The number of nitrogens with one attached hydrogen (secondary N) is 2. The summed E-state index contributed by atoms with van der Waals surface area (Å²) in [7, 11) is 1.55. The summed E-state index contributed by atoms with van der Waals surface area (Å²) in [6.45, 7) is 1.39. The SMILES string of the molecule is COCCn1ncc(NC2CCCNC2=O)c(Cl)c1=O. The number of carbonyl (C=O) groups excluding carboxylic acids is 1. The van der Waals surface area contributed by atoms with Gasteiger partial charge in [0.1, 0.15) is 11.1 Å². The quantitative estimate of drug-likeness (QED) is 0.813. The maximum atomic E-state index is 12.0. The van der Waals surface area contributed by atoms with Crippen LogP contribution < -0.4 is 16.2 Å². The van der Waals surface area contributed by atoms with Gasteiger partial charge in [-0.15, -0.1) is 0 Å². The van der Waals surface area contributed by atoms with Crippen LogP contribution in [-0.4, -0.2) is 42.0 Å². The number of hydrogen-bond acceptors (Lipinski definition) is 5. The number of rotatable bonds is 5. The highest BCUT2D eigenvalue weighted by Crippen LogP contribution is 2.18. The van der Waals surface area contributed by atoms with E-state index in [4.69, 9.17) is 16.3 Å². The molecule has 0 saturated carbocycles. The Morgan fingerprint density at radius 2 is 2.40 bits per heavy atom. The number of carbonyl (C=O) groups is 1. The molecule has 1 fully saturated rings. The van der Waals surface area contributed by atoms with Gasteiger partial charge in [0, 0.05) is 13.7 Å². The van der Waals surface area contributed by atoms with Crippen LogP contribution in [0.3, 0.4) is 0 Å². The maximum Gasteiger partial charge on any atom is 0.287 e. The molecular formula is C12H17ClN4O3. The summed E-state index contributed by atoms with van der Waals surface area (Å²) in [6, 6.07) is -0.378. The zero-order valence-electron chi connectivity index (χ0n) is 11.2. The van der Waals surface area contributed by atoms with Crippen LogP contribution in [-0.2, 0) is 16.1 Å². The molecule has 1 saturated heterocycles.